The molecule has 0 unspecified atom stereocenters. The normalized spacial score (nSPS) is 11.5. The Hall–Kier alpha value is -2.22. The summed E-state index contributed by atoms with van der Waals surface area (Å²) in [6.07, 6.45) is 23.1. The first-order chi connectivity index (χ1) is 19.7. The molecule has 40 heavy (non-hydrogen) atoms. The minimum atomic E-state index is 0.781. The third-order valence-electron chi connectivity index (χ3n) is 8.50. The Labute approximate surface area is 246 Å². The minimum absolute atomic E-state index is 0.781. The molecule has 2 nitrogen and oxygen atoms in total. The predicted octanol–water partition coefficient (Wildman–Crippen LogP) is 12.2. The van der Waals surface area contributed by atoms with Gasteiger partial charge in [-0.3, -0.25) is 0 Å². The number of hydrogen-bond donors (Lipinski definition) is 0. The molecular formula is C38H58O2. The molecule has 3 rings (SSSR count). The Bertz CT molecular complexity index is 1030. The van der Waals surface area contributed by atoms with Gasteiger partial charge in [0.25, 0.3) is 0 Å². The van der Waals surface area contributed by atoms with Crippen LogP contribution in [-0.2, 0) is 12.8 Å². The summed E-state index contributed by atoms with van der Waals surface area (Å²) in [7, 11) is 0. The number of rotatable bonds is 22. The van der Waals surface area contributed by atoms with Crippen molar-refractivity contribution in [2.75, 3.05) is 13.2 Å². The summed E-state index contributed by atoms with van der Waals surface area (Å²) in [4.78, 5) is 0. The fourth-order valence-electron chi connectivity index (χ4n) is 6.02. The first kappa shape index (κ1) is 32.3. The molecule has 0 heterocycles. The SMILES string of the molecule is CCCCCCCCCCOc1c2ccccc2c(OCCCCCCCCCC)c2cc(CC)c(CC)cc12. The second-order valence-electron chi connectivity index (χ2n) is 11.7. The summed E-state index contributed by atoms with van der Waals surface area (Å²) >= 11 is 0. The smallest absolute Gasteiger partial charge is 0.135 e. The lowest BCUT2D eigenvalue weighted by Crippen LogP contribution is -2.03. The molecule has 0 aliphatic carbocycles. The molecule has 2 heteroatoms. The molecule has 0 bridgehead atoms. The Morgan fingerprint density at radius 3 is 1.12 bits per heavy atom. The average molecular weight is 547 g/mol. The molecule has 0 fully saturated rings. The van der Waals surface area contributed by atoms with Crippen LogP contribution in [0, 0.1) is 0 Å². The van der Waals surface area contributed by atoms with E-state index < -0.39 is 0 Å². The summed E-state index contributed by atoms with van der Waals surface area (Å²) in [5.74, 6) is 2.09. The Balaban J connectivity index is 1.75. The van der Waals surface area contributed by atoms with Gasteiger partial charge >= 0.3 is 0 Å². The number of aryl methyl sites for hydroxylation is 2. The van der Waals surface area contributed by atoms with E-state index in [1.165, 1.54) is 123 Å². The predicted molar refractivity (Wildman–Crippen MR) is 176 cm³/mol. The summed E-state index contributed by atoms with van der Waals surface area (Å²) in [5.41, 5.74) is 2.85. The van der Waals surface area contributed by atoms with Gasteiger partial charge in [0.15, 0.2) is 0 Å². The molecule has 0 amide bonds. The van der Waals surface area contributed by atoms with E-state index >= 15 is 0 Å². The zero-order valence-electron chi connectivity index (χ0n) is 26.4. The molecule has 0 saturated heterocycles. The van der Waals surface area contributed by atoms with Gasteiger partial charge in [0.05, 0.1) is 13.2 Å². The molecular weight excluding hydrogens is 488 g/mol. The van der Waals surface area contributed by atoms with Gasteiger partial charge in [-0.25, -0.2) is 0 Å². The van der Waals surface area contributed by atoms with E-state index in [0.717, 1.165) is 50.4 Å². The first-order valence-corrected chi connectivity index (χ1v) is 17.0. The topological polar surface area (TPSA) is 18.5 Å². The van der Waals surface area contributed by atoms with Crippen LogP contribution in [0.2, 0.25) is 0 Å². The summed E-state index contributed by atoms with van der Waals surface area (Å²) < 4.78 is 13.3. The van der Waals surface area contributed by atoms with Gasteiger partial charge in [-0.05, 0) is 48.9 Å². The van der Waals surface area contributed by atoms with Crippen LogP contribution in [0.1, 0.15) is 142 Å². The summed E-state index contributed by atoms with van der Waals surface area (Å²) in [6, 6.07) is 13.5. The van der Waals surface area contributed by atoms with Gasteiger partial charge in [0.1, 0.15) is 11.5 Å². The lowest BCUT2D eigenvalue weighted by atomic mass is 9.93. The minimum Gasteiger partial charge on any atom is -0.492 e. The van der Waals surface area contributed by atoms with E-state index in [0.29, 0.717) is 0 Å². The molecule has 0 aliphatic heterocycles. The van der Waals surface area contributed by atoms with Crippen LogP contribution >= 0.6 is 0 Å². The van der Waals surface area contributed by atoms with E-state index in [1.54, 1.807) is 0 Å². The molecule has 3 aromatic carbocycles. The van der Waals surface area contributed by atoms with E-state index in [4.69, 9.17) is 9.47 Å². The summed E-state index contributed by atoms with van der Waals surface area (Å²) in [5, 5.41) is 4.81. The van der Waals surface area contributed by atoms with Crippen molar-refractivity contribution in [2.24, 2.45) is 0 Å². The van der Waals surface area contributed by atoms with Gasteiger partial charge in [0.2, 0.25) is 0 Å². The van der Waals surface area contributed by atoms with Crippen LogP contribution in [0.3, 0.4) is 0 Å². The molecule has 0 aliphatic rings. The molecule has 0 spiro atoms. The second kappa shape index (κ2) is 19.0. The standard InChI is InChI=1S/C38H58O2/c1-5-9-11-13-15-17-19-23-27-39-37-33-25-21-22-26-34(33)38(40-28-24-20-18-16-14-12-10-6-2)36-30-32(8-4)31(7-3)29-35(36)37/h21-22,25-26,29-30H,5-20,23-24,27-28H2,1-4H3. The molecule has 3 aromatic rings. The molecule has 0 aromatic heterocycles. The largest absolute Gasteiger partial charge is 0.492 e. The average Bonchev–Trinajstić information content (AvgIpc) is 2.99. The first-order valence-electron chi connectivity index (χ1n) is 17.0. The van der Waals surface area contributed by atoms with Gasteiger partial charge in [0, 0.05) is 21.5 Å². The Kier molecular flexibility index (Phi) is 15.3. The molecule has 0 radical (unpaired) electrons. The molecule has 0 N–H and O–H groups in total. The fourth-order valence-corrected chi connectivity index (χ4v) is 6.02. The van der Waals surface area contributed by atoms with Crippen molar-refractivity contribution in [1.82, 2.24) is 0 Å². The van der Waals surface area contributed by atoms with Crippen LogP contribution in [-0.4, -0.2) is 13.2 Å². The zero-order chi connectivity index (χ0) is 28.4. The number of hydrogen-bond acceptors (Lipinski definition) is 2. The van der Waals surface area contributed by atoms with Crippen LogP contribution in [0.15, 0.2) is 36.4 Å². The lowest BCUT2D eigenvalue weighted by molar-refractivity contribution is 0.306. The number of ether oxygens (including phenoxy) is 2. The zero-order valence-corrected chi connectivity index (χ0v) is 26.4. The summed E-state index contributed by atoms with van der Waals surface area (Å²) in [6.45, 7) is 10.7. The maximum atomic E-state index is 6.65. The fraction of sp³-hybridized carbons (Fsp3) is 0.632. The van der Waals surface area contributed by atoms with Crippen molar-refractivity contribution in [1.29, 1.82) is 0 Å². The van der Waals surface area contributed by atoms with Crippen LogP contribution in [0.25, 0.3) is 21.5 Å². The highest BCUT2D eigenvalue weighted by Gasteiger charge is 2.18. The van der Waals surface area contributed by atoms with Crippen molar-refractivity contribution in [3.8, 4) is 11.5 Å². The maximum absolute atomic E-state index is 6.65. The van der Waals surface area contributed by atoms with Gasteiger partial charge in [-0.2, -0.15) is 0 Å². The Morgan fingerprint density at radius 1 is 0.425 bits per heavy atom. The van der Waals surface area contributed by atoms with E-state index in [9.17, 15) is 0 Å². The molecule has 222 valence electrons. The monoisotopic (exact) mass is 546 g/mol. The highest BCUT2D eigenvalue weighted by molar-refractivity contribution is 6.11. The van der Waals surface area contributed by atoms with Gasteiger partial charge in [-0.15, -0.1) is 0 Å². The van der Waals surface area contributed by atoms with Crippen molar-refractivity contribution in [2.45, 2.75) is 143 Å². The Morgan fingerprint density at radius 2 is 0.775 bits per heavy atom. The molecule has 0 atom stereocenters. The third-order valence-corrected chi connectivity index (χ3v) is 8.50. The second-order valence-corrected chi connectivity index (χ2v) is 11.7. The number of benzene rings is 3. The van der Waals surface area contributed by atoms with E-state index in [1.807, 2.05) is 0 Å². The highest BCUT2D eigenvalue weighted by Crippen LogP contribution is 2.44. The highest BCUT2D eigenvalue weighted by atomic mass is 16.5. The van der Waals surface area contributed by atoms with Crippen LogP contribution in [0.4, 0.5) is 0 Å². The van der Waals surface area contributed by atoms with Crippen LogP contribution < -0.4 is 9.47 Å². The van der Waals surface area contributed by atoms with Crippen LogP contribution in [0.5, 0.6) is 11.5 Å². The third kappa shape index (κ3) is 9.71. The van der Waals surface area contributed by atoms with E-state index in [2.05, 4.69) is 64.1 Å². The van der Waals surface area contributed by atoms with Gasteiger partial charge in [-0.1, -0.05) is 142 Å². The molecule has 0 saturated carbocycles. The van der Waals surface area contributed by atoms with Crippen molar-refractivity contribution in [3.05, 3.63) is 47.5 Å². The van der Waals surface area contributed by atoms with Crippen molar-refractivity contribution >= 4 is 21.5 Å². The number of fused-ring (bicyclic) bond motifs is 2. The quantitative estimate of drug-likeness (QED) is 0.0921. The lowest BCUT2D eigenvalue weighted by Gasteiger charge is -2.20. The maximum Gasteiger partial charge on any atom is 0.135 e. The van der Waals surface area contributed by atoms with Gasteiger partial charge < -0.3 is 9.47 Å². The number of unbranched alkanes of at least 4 members (excludes halogenated alkanes) is 14. The van der Waals surface area contributed by atoms with Crippen molar-refractivity contribution < 1.29 is 9.47 Å². The van der Waals surface area contributed by atoms with E-state index in [-0.39, 0.29) is 0 Å². The van der Waals surface area contributed by atoms with Crippen molar-refractivity contribution in [3.63, 3.8) is 0 Å².